The van der Waals surface area contributed by atoms with E-state index in [1.54, 1.807) is 12.1 Å². The number of aliphatic hydroxyl groups is 1. The maximum absolute atomic E-state index is 10.5. The lowest BCUT2D eigenvalue weighted by atomic mass is 9.78. The van der Waals surface area contributed by atoms with E-state index >= 15 is 0 Å². The van der Waals surface area contributed by atoms with Gasteiger partial charge in [-0.3, -0.25) is 0 Å². The molecule has 0 saturated heterocycles. The quantitative estimate of drug-likeness (QED) is 0.863. The van der Waals surface area contributed by atoms with Crippen LogP contribution in [-0.4, -0.2) is 10.2 Å². The number of rotatable bonds is 2. The molecule has 0 saturated carbocycles. The molecule has 0 heterocycles. The second kappa shape index (κ2) is 5.06. The number of benzene rings is 2. The van der Waals surface area contributed by atoms with Gasteiger partial charge >= 0.3 is 0 Å². The van der Waals surface area contributed by atoms with E-state index in [1.165, 1.54) is 11.1 Å². The van der Waals surface area contributed by atoms with Gasteiger partial charge in [0.1, 0.15) is 5.75 Å². The van der Waals surface area contributed by atoms with Gasteiger partial charge < -0.3 is 10.2 Å². The highest BCUT2D eigenvalue weighted by Crippen LogP contribution is 2.36. The first-order chi connectivity index (χ1) is 9.24. The third-order valence-electron chi connectivity index (χ3n) is 4.04. The van der Waals surface area contributed by atoms with Gasteiger partial charge in [-0.15, -0.1) is 0 Å². The molecular formula is C17H18O2. The number of hydrogen-bond acceptors (Lipinski definition) is 2. The average Bonchev–Trinajstić information content (AvgIpc) is 2.45. The Balaban J connectivity index is 1.79. The molecule has 0 spiro atoms. The molecule has 2 unspecified atom stereocenters. The summed E-state index contributed by atoms with van der Waals surface area (Å²) >= 11 is 0. The summed E-state index contributed by atoms with van der Waals surface area (Å²) in [5, 5.41) is 19.8. The van der Waals surface area contributed by atoms with E-state index in [4.69, 9.17) is 0 Å². The van der Waals surface area contributed by atoms with Gasteiger partial charge in [0.2, 0.25) is 0 Å². The molecule has 2 aromatic carbocycles. The summed E-state index contributed by atoms with van der Waals surface area (Å²) in [6.45, 7) is 0. The molecule has 1 aliphatic carbocycles. The third kappa shape index (κ3) is 2.49. The first-order valence-electron chi connectivity index (χ1n) is 6.78. The summed E-state index contributed by atoms with van der Waals surface area (Å²) in [5.41, 5.74) is 3.52. The van der Waals surface area contributed by atoms with Crippen molar-refractivity contribution < 1.29 is 10.2 Å². The highest BCUT2D eigenvalue weighted by Gasteiger charge is 2.27. The number of hydrogen-bond donors (Lipinski definition) is 2. The van der Waals surface area contributed by atoms with Crippen LogP contribution < -0.4 is 0 Å². The Morgan fingerprint density at radius 3 is 2.53 bits per heavy atom. The second-order valence-corrected chi connectivity index (χ2v) is 5.31. The zero-order valence-electron chi connectivity index (χ0n) is 10.8. The van der Waals surface area contributed by atoms with E-state index in [0.717, 1.165) is 24.8 Å². The van der Waals surface area contributed by atoms with Crippen molar-refractivity contribution in [2.45, 2.75) is 25.4 Å². The fourth-order valence-electron chi connectivity index (χ4n) is 2.95. The highest BCUT2D eigenvalue weighted by atomic mass is 16.3. The zero-order chi connectivity index (χ0) is 13.2. The molecule has 2 nitrogen and oxygen atoms in total. The van der Waals surface area contributed by atoms with Crippen molar-refractivity contribution in [2.75, 3.05) is 0 Å². The topological polar surface area (TPSA) is 40.5 Å². The van der Waals surface area contributed by atoms with E-state index in [-0.39, 0.29) is 12.0 Å². The van der Waals surface area contributed by atoms with Gasteiger partial charge in [0.05, 0.1) is 6.10 Å². The van der Waals surface area contributed by atoms with Crippen LogP contribution in [0.4, 0.5) is 0 Å². The summed E-state index contributed by atoms with van der Waals surface area (Å²) in [4.78, 5) is 0. The minimum atomic E-state index is -0.376. The highest BCUT2D eigenvalue weighted by molar-refractivity contribution is 5.33. The van der Waals surface area contributed by atoms with Gasteiger partial charge in [0.15, 0.2) is 0 Å². The summed E-state index contributed by atoms with van der Waals surface area (Å²) < 4.78 is 0. The van der Waals surface area contributed by atoms with Crippen LogP contribution in [0.5, 0.6) is 5.75 Å². The van der Waals surface area contributed by atoms with Crippen LogP contribution in [-0.2, 0) is 12.8 Å². The zero-order valence-corrected chi connectivity index (χ0v) is 10.8. The van der Waals surface area contributed by atoms with Crippen molar-refractivity contribution in [1.82, 2.24) is 0 Å². The van der Waals surface area contributed by atoms with Crippen molar-refractivity contribution >= 4 is 0 Å². The Bertz CT molecular complexity index is 560. The molecule has 0 radical (unpaired) electrons. The normalized spacial score (nSPS) is 21.9. The van der Waals surface area contributed by atoms with Gasteiger partial charge in [0, 0.05) is 0 Å². The van der Waals surface area contributed by atoms with Crippen LogP contribution in [0.1, 0.15) is 29.2 Å². The smallest absolute Gasteiger partial charge is 0.115 e. The number of aromatic hydroxyl groups is 1. The van der Waals surface area contributed by atoms with Crippen molar-refractivity contribution in [3.63, 3.8) is 0 Å². The van der Waals surface area contributed by atoms with Crippen molar-refractivity contribution in [3.05, 3.63) is 65.2 Å². The third-order valence-corrected chi connectivity index (χ3v) is 4.04. The number of aryl methyl sites for hydroxylation is 1. The molecule has 2 N–H and O–H groups in total. The Labute approximate surface area is 113 Å². The van der Waals surface area contributed by atoms with Gasteiger partial charge in [-0.25, -0.2) is 0 Å². The largest absolute Gasteiger partial charge is 0.508 e. The lowest BCUT2D eigenvalue weighted by Crippen LogP contribution is -2.22. The fourth-order valence-corrected chi connectivity index (χ4v) is 2.95. The second-order valence-electron chi connectivity index (χ2n) is 5.31. The summed E-state index contributed by atoms with van der Waals surface area (Å²) in [6.07, 6.45) is 2.53. The van der Waals surface area contributed by atoms with E-state index in [1.807, 2.05) is 30.3 Å². The lowest BCUT2D eigenvalue weighted by Gasteiger charge is -2.30. The first-order valence-corrected chi connectivity index (χ1v) is 6.78. The first kappa shape index (κ1) is 12.2. The molecule has 0 aromatic heterocycles. The van der Waals surface area contributed by atoms with Crippen LogP contribution in [0.3, 0.4) is 0 Å². The van der Waals surface area contributed by atoms with Gasteiger partial charge in [-0.1, -0.05) is 36.4 Å². The predicted octanol–water partition coefficient (Wildman–Crippen LogP) is 3.23. The van der Waals surface area contributed by atoms with E-state index in [0.29, 0.717) is 5.75 Å². The summed E-state index contributed by atoms with van der Waals surface area (Å²) in [5.74, 6) is 0.553. The van der Waals surface area contributed by atoms with Crippen LogP contribution >= 0.6 is 0 Å². The number of phenolic OH excluding ortho intramolecular Hbond substituents is 1. The van der Waals surface area contributed by atoms with Crippen molar-refractivity contribution in [3.8, 4) is 5.75 Å². The molecular weight excluding hydrogens is 236 g/mol. The minimum absolute atomic E-state index is 0.263. The van der Waals surface area contributed by atoms with Gasteiger partial charge in [-0.05, 0) is 54.0 Å². The van der Waals surface area contributed by atoms with E-state index < -0.39 is 0 Å². The van der Waals surface area contributed by atoms with Gasteiger partial charge in [0.25, 0.3) is 0 Å². The maximum atomic E-state index is 10.5. The predicted molar refractivity (Wildman–Crippen MR) is 75.0 cm³/mol. The van der Waals surface area contributed by atoms with Crippen LogP contribution in [0.2, 0.25) is 0 Å². The van der Waals surface area contributed by atoms with Crippen molar-refractivity contribution in [2.24, 2.45) is 5.92 Å². The fraction of sp³-hybridized carbons (Fsp3) is 0.294. The van der Waals surface area contributed by atoms with Crippen molar-refractivity contribution in [1.29, 1.82) is 0 Å². The number of aliphatic hydroxyl groups excluding tert-OH is 1. The minimum Gasteiger partial charge on any atom is -0.508 e. The Morgan fingerprint density at radius 2 is 1.74 bits per heavy atom. The molecule has 2 heteroatoms. The van der Waals surface area contributed by atoms with Crippen LogP contribution in [0.25, 0.3) is 0 Å². The molecule has 2 atom stereocenters. The molecule has 0 amide bonds. The Morgan fingerprint density at radius 1 is 1.00 bits per heavy atom. The lowest BCUT2D eigenvalue weighted by molar-refractivity contribution is 0.0936. The van der Waals surface area contributed by atoms with E-state index in [9.17, 15) is 10.2 Å². The standard InChI is InChI=1S/C17H18O2/c18-15-9-5-12(6-10-15)11-14-8-7-13-3-1-2-4-16(13)17(14)19/h1-6,9-10,14,17-19H,7-8,11H2. The molecule has 2 aromatic rings. The molecule has 0 fully saturated rings. The number of phenols is 1. The molecule has 0 bridgehead atoms. The summed E-state index contributed by atoms with van der Waals surface area (Å²) in [7, 11) is 0. The summed E-state index contributed by atoms with van der Waals surface area (Å²) in [6, 6.07) is 15.4. The monoisotopic (exact) mass is 254 g/mol. The maximum Gasteiger partial charge on any atom is 0.115 e. The molecule has 0 aliphatic heterocycles. The molecule has 19 heavy (non-hydrogen) atoms. The SMILES string of the molecule is Oc1ccc(CC2CCc3ccccc3C2O)cc1. The molecule has 1 aliphatic rings. The molecule has 98 valence electrons. The molecule has 3 rings (SSSR count). The van der Waals surface area contributed by atoms with E-state index in [2.05, 4.69) is 6.07 Å². The number of fused-ring (bicyclic) bond motifs is 1. The average molecular weight is 254 g/mol. The Kier molecular flexibility index (Phi) is 3.26. The van der Waals surface area contributed by atoms with Crippen LogP contribution in [0.15, 0.2) is 48.5 Å². The Hall–Kier alpha value is -1.80. The van der Waals surface area contributed by atoms with Crippen LogP contribution in [0, 0.1) is 5.92 Å². The van der Waals surface area contributed by atoms with Gasteiger partial charge in [-0.2, -0.15) is 0 Å².